The minimum absolute atomic E-state index is 0. The van der Waals surface area contributed by atoms with E-state index in [0.29, 0.717) is 25.4 Å². The number of carbonyl (C=O) groups excluding carboxylic acids is 5. The number of esters is 2. The van der Waals surface area contributed by atoms with Crippen LogP contribution in [0.5, 0.6) is 0 Å². The van der Waals surface area contributed by atoms with Crippen LogP contribution in [-0.2, 0) is 42.9 Å². The fraction of sp³-hybridized carbons (Fsp3) is 0.612. The van der Waals surface area contributed by atoms with Gasteiger partial charge in [0.2, 0.25) is 12.0 Å². The van der Waals surface area contributed by atoms with Crippen molar-refractivity contribution < 1.29 is 156 Å². The van der Waals surface area contributed by atoms with Gasteiger partial charge in [0.05, 0.1) is 49.7 Å². The first-order chi connectivity index (χ1) is 30.8. The maximum Gasteiger partial charge on any atom is 0.350 e. The van der Waals surface area contributed by atoms with Crippen LogP contribution in [0, 0.1) is 111 Å². The number of hydrogen-bond acceptors (Lipinski definition) is 14. The first-order valence-corrected chi connectivity index (χ1v) is 22.7. The SMILES string of the molecule is CCCOCCOCCNC(=O)CCCC(=O)OC(C(=O)OC1CC2(O)C(C)C3[C@]4(O)COC4CC(O)[C@@]3(C)C(=O)C(O)C(=C1C)C2(C)C)C(NC(=O)c1ccccc1)c1ccccc1.[Ac].[Ac]. The summed E-state index contributed by atoms with van der Waals surface area (Å²) in [5.41, 5.74) is -5.50. The summed E-state index contributed by atoms with van der Waals surface area (Å²) in [5, 5.41) is 54.4. The molecule has 2 saturated carbocycles. The summed E-state index contributed by atoms with van der Waals surface area (Å²) in [4.78, 5) is 69.5. The molecule has 18 heteroatoms. The summed E-state index contributed by atoms with van der Waals surface area (Å²) >= 11 is 0. The number of amides is 2. The average Bonchev–Trinajstić information content (AvgIpc) is 3.28. The second-order valence-electron chi connectivity index (χ2n) is 18.7. The van der Waals surface area contributed by atoms with E-state index in [-0.39, 0.29) is 163 Å². The molecule has 4 aliphatic rings. The van der Waals surface area contributed by atoms with Crippen LogP contribution >= 0.6 is 0 Å². The van der Waals surface area contributed by atoms with E-state index in [1.165, 1.54) is 6.92 Å². The Bertz CT molecular complexity index is 2080. The van der Waals surface area contributed by atoms with E-state index in [1.54, 1.807) is 88.4 Å². The number of benzene rings is 2. The van der Waals surface area contributed by atoms with Gasteiger partial charge in [0, 0.05) is 144 Å². The third-order valence-electron chi connectivity index (χ3n) is 14.5. The van der Waals surface area contributed by atoms with Crippen LogP contribution in [0.2, 0.25) is 0 Å². The zero-order valence-corrected chi connectivity index (χ0v) is 48.9. The first-order valence-electron chi connectivity index (χ1n) is 22.7. The van der Waals surface area contributed by atoms with Crippen molar-refractivity contribution in [2.45, 2.75) is 128 Å². The Balaban J connectivity index is 0.00000490. The molecule has 9 unspecified atom stereocenters. The van der Waals surface area contributed by atoms with Crippen molar-refractivity contribution in [3.63, 3.8) is 0 Å². The minimum atomic E-state index is -1.88. The molecule has 1 aliphatic heterocycles. The zero-order valence-electron chi connectivity index (χ0n) is 39.4. The Morgan fingerprint density at radius 2 is 1.52 bits per heavy atom. The standard InChI is InChI=1S/C49H66N2O14.2Ac/c1-7-22-61-24-25-62-23-21-50-36(53)19-14-20-37(54)65-41(39(31-15-10-8-11-16-31)51-44(57)32-17-12-9-13-18-32)45(58)64-33-27-49(60)30(3)42-47(6,34(52)26-35-48(42,59)28-63-35)43(56)40(55)38(29(33)2)46(49,4)5;;/h8-13,15-18,30,33-35,39-42,52,55,59-60H,7,14,19-28H2,1-6H3,(H,50,53)(H,51,57);;/t30?,33?,34?,35?,39?,40?,41?,42?,47-,48+,49?;;/m1../s1. The van der Waals surface area contributed by atoms with Gasteiger partial charge < -0.3 is 54.7 Å². The van der Waals surface area contributed by atoms with E-state index in [0.717, 1.165) is 6.42 Å². The number of ether oxygens (including phenoxy) is 5. The molecule has 3 aliphatic carbocycles. The largest absolute Gasteiger partial charge is 0.455 e. The Hall–Kier alpha value is -1.67. The quantitative estimate of drug-likeness (QED) is 0.0674. The molecule has 1 heterocycles. The van der Waals surface area contributed by atoms with Crippen LogP contribution in [0.15, 0.2) is 71.8 Å². The Labute approximate surface area is 464 Å². The fourth-order valence-corrected chi connectivity index (χ4v) is 10.8. The van der Waals surface area contributed by atoms with Gasteiger partial charge in [0.25, 0.3) is 5.91 Å². The molecule has 0 aromatic heterocycles. The van der Waals surface area contributed by atoms with Gasteiger partial charge in [0.15, 0.2) is 5.78 Å². The second kappa shape index (κ2) is 24.6. The molecule has 16 nitrogen and oxygen atoms in total. The molecule has 6 N–H and O–H groups in total. The van der Waals surface area contributed by atoms with Crippen LogP contribution in [0.4, 0.5) is 0 Å². The van der Waals surface area contributed by atoms with Gasteiger partial charge in [-0.15, -0.1) is 0 Å². The van der Waals surface area contributed by atoms with Crippen molar-refractivity contribution in [3.8, 4) is 0 Å². The van der Waals surface area contributed by atoms with Gasteiger partial charge in [-0.1, -0.05) is 76.2 Å². The van der Waals surface area contributed by atoms with E-state index in [1.807, 2.05) is 6.92 Å². The molecule has 6 rings (SSSR count). The molecule has 3 fully saturated rings. The van der Waals surface area contributed by atoms with E-state index in [9.17, 15) is 44.4 Å². The number of aliphatic hydroxyl groups is 4. The van der Waals surface area contributed by atoms with Gasteiger partial charge in [-0.05, 0) is 61.4 Å². The van der Waals surface area contributed by atoms with Crippen LogP contribution in [0.3, 0.4) is 0 Å². The maximum absolute atomic E-state index is 14.8. The minimum Gasteiger partial charge on any atom is -0.455 e. The van der Waals surface area contributed by atoms with E-state index >= 15 is 0 Å². The molecule has 2 amide bonds. The average molecular weight is 1360 g/mol. The smallest absolute Gasteiger partial charge is 0.350 e. The summed E-state index contributed by atoms with van der Waals surface area (Å²) in [7, 11) is 0. The third kappa shape index (κ3) is 12.0. The summed E-state index contributed by atoms with van der Waals surface area (Å²) in [6.07, 6.45) is -6.76. The van der Waals surface area contributed by atoms with Crippen LogP contribution in [0.1, 0.15) is 102 Å². The first kappa shape index (κ1) is 57.9. The van der Waals surface area contributed by atoms with Gasteiger partial charge in [0.1, 0.15) is 23.9 Å². The molecular weight excluding hydrogens is 1290 g/mol. The maximum atomic E-state index is 14.8. The van der Waals surface area contributed by atoms with Crippen LogP contribution in [0.25, 0.3) is 0 Å². The molecular formula is C49H66Ac2N2O14. The molecule has 2 aromatic carbocycles. The van der Waals surface area contributed by atoms with Crippen molar-refractivity contribution in [2.24, 2.45) is 22.7 Å². The fourth-order valence-electron chi connectivity index (χ4n) is 10.8. The van der Waals surface area contributed by atoms with Crippen molar-refractivity contribution in [1.29, 1.82) is 0 Å². The topological polar surface area (TPSA) is 236 Å². The van der Waals surface area contributed by atoms with Crippen LogP contribution in [-0.4, -0.2) is 131 Å². The second-order valence-corrected chi connectivity index (χ2v) is 18.7. The van der Waals surface area contributed by atoms with Gasteiger partial charge in [-0.25, -0.2) is 4.79 Å². The summed E-state index contributed by atoms with van der Waals surface area (Å²) in [6, 6.07) is 15.3. The molecule has 0 spiro atoms. The molecule has 2 radical (unpaired) electrons. The van der Waals surface area contributed by atoms with Gasteiger partial charge >= 0.3 is 11.9 Å². The van der Waals surface area contributed by atoms with Gasteiger partial charge in [-0.2, -0.15) is 0 Å². The number of nitrogens with one attached hydrogen (secondary N) is 2. The number of hydrogen-bond donors (Lipinski definition) is 6. The molecule has 11 atom stereocenters. The van der Waals surface area contributed by atoms with Crippen LogP contribution < -0.4 is 10.6 Å². The third-order valence-corrected chi connectivity index (χ3v) is 14.5. The van der Waals surface area contributed by atoms with E-state index in [4.69, 9.17) is 23.7 Å². The predicted octanol–water partition coefficient (Wildman–Crippen LogP) is 3.29. The van der Waals surface area contributed by atoms with Crippen molar-refractivity contribution in [1.82, 2.24) is 10.6 Å². The van der Waals surface area contributed by atoms with E-state index in [2.05, 4.69) is 10.6 Å². The molecule has 2 bridgehead atoms. The predicted molar refractivity (Wildman–Crippen MR) is 235 cm³/mol. The van der Waals surface area contributed by atoms with E-state index < -0.39 is 94.1 Å². The Kier molecular flexibility index (Phi) is 21.3. The normalized spacial score (nSPS) is 30.2. The van der Waals surface area contributed by atoms with Crippen molar-refractivity contribution in [2.75, 3.05) is 39.6 Å². The number of fused-ring (bicyclic) bond motifs is 5. The number of rotatable bonds is 19. The molecule has 1 saturated heterocycles. The summed E-state index contributed by atoms with van der Waals surface area (Å²) < 4.78 is 28.7. The van der Waals surface area contributed by atoms with Gasteiger partial charge in [-0.3, -0.25) is 19.2 Å². The van der Waals surface area contributed by atoms with Crippen molar-refractivity contribution >= 4 is 29.5 Å². The summed E-state index contributed by atoms with van der Waals surface area (Å²) in [5.74, 6) is -5.63. The number of ketones is 1. The number of carbonyl (C=O) groups is 5. The number of Topliss-reactive ketones (excluding diaryl/α,β-unsaturated/α-hetero) is 1. The number of aliphatic hydroxyl groups excluding tert-OH is 2. The summed E-state index contributed by atoms with van der Waals surface area (Å²) in [6.45, 7) is 12.1. The molecule has 2 aromatic rings. The molecule has 67 heavy (non-hydrogen) atoms. The monoisotopic (exact) mass is 1360 g/mol. The Morgan fingerprint density at radius 3 is 2.13 bits per heavy atom. The zero-order chi connectivity index (χ0) is 47.3. The molecule has 362 valence electrons. The van der Waals surface area contributed by atoms with Crippen molar-refractivity contribution in [3.05, 3.63) is 82.9 Å². The Morgan fingerprint density at radius 1 is 0.896 bits per heavy atom.